The van der Waals surface area contributed by atoms with Crippen LogP contribution in [0.1, 0.15) is 22.3 Å². The Morgan fingerprint density at radius 2 is 2.00 bits per heavy atom. The van der Waals surface area contributed by atoms with Crippen LogP contribution in [-0.2, 0) is 6.61 Å². The van der Waals surface area contributed by atoms with Crippen LogP contribution in [0, 0.1) is 29.5 Å². The van der Waals surface area contributed by atoms with Crippen molar-refractivity contribution in [3.05, 3.63) is 70.5 Å². The molecule has 2 nitrogen and oxygen atoms in total. The summed E-state index contributed by atoms with van der Waals surface area (Å²) in [4.78, 5) is 0. The maximum Gasteiger partial charge on any atom is 0.130 e. The van der Waals surface area contributed by atoms with Crippen molar-refractivity contribution in [3.8, 4) is 24.2 Å². The molecule has 0 atom stereocenters. The predicted molar refractivity (Wildman–Crippen MR) is 77.8 cm³/mol. The summed E-state index contributed by atoms with van der Waals surface area (Å²) in [7, 11) is 0. The lowest BCUT2D eigenvalue weighted by molar-refractivity contribution is 0.305. The Kier molecular flexibility index (Phi) is 3.18. The van der Waals surface area contributed by atoms with Gasteiger partial charge in [-0.25, -0.2) is 4.39 Å². The topological polar surface area (TPSA) is 33.0 Å². The van der Waals surface area contributed by atoms with Gasteiger partial charge in [-0.05, 0) is 35.4 Å². The van der Waals surface area contributed by atoms with Gasteiger partial charge >= 0.3 is 0 Å². The van der Waals surface area contributed by atoms with Crippen LogP contribution in [-0.4, -0.2) is 0 Å². The number of allylic oxidation sites excluding steroid dienone is 1. The summed E-state index contributed by atoms with van der Waals surface area (Å²) in [6.45, 7) is 0.282. The van der Waals surface area contributed by atoms with E-state index in [-0.39, 0.29) is 12.4 Å². The van der Waals surface area contributed by atoms with Crippen molar-refractivity contribution in [2.45, 2.75) is 6.61 Å². The van der Waals surface area contributed by atoms with Crippen LogP contribution >= 0.6 is 0 Å². The SMILES string of the molecule is C#Cc1ccc2c(c1)COc1cc(F)ccc1C2=CC#N. The minimum Gasteiger partial charge on any atom is -0.488 e. The van der Waals surface area contributed by atoms with E-state index in [0.29, 0.717) is 16.9 Å². The summed E-state index contributed by atoms with van der Waals surface area (Å²) in [6.07, 6.45) is 6.86. The molecule has 0 saturated heterocycles. The number of ether oxygens (including phenoxy) is 1. The van der Waals surface area contributed by atoms with Crippen LogP contribution in [0.2, 0.25) is 0 Å². The molecule has 0 amide bonds. The Morgan fingerprint density at radius 1 is 1.19 bits per heavy atom. The van der Waals surface area contributed by atoms with Gasteiger partial charge in [-0.15, -0.1) is 6.42 Å². The number of hydrogen-bond donors (Lipinski definition) is 0. The van der Waals surface area contributed by atoms with Gasteiger partial charge in [0.05, 0.1) is 6.07 Å². The Morgan fingerprint density at radius 3 is 2.76 bits per heavy atom. The second kappa shape index (κ2) is 5.15. The van der Waals surface area contributed by atoms with Crippen LogP contribution < -0.4 is 4.74 Å². The number of nitriles is 1. The van der Waals surface area contributed by atoms with Crippen molar-refractivity contribution in [1.29, 1.82) is 5.26 Å². The largest absolute Gasteiger partial charge is 0.488 e. The molecule has 0 spiro atoms. The molecule has 1 heterocycles. The lowest BCUT2D eigenvalue weighted by atomic mass is 9.93. The second-order valence-corrected chi connectivity index (χ2v) is 4.63. The van der Waals surface area contributed by atoms with Gasteiger partial charge in [-0.1, -0.05) is 12.0 Å². The third-order valence-electron chi connectivity index (χ3n) is 3.39. The lowest BCUT2D eigenvalue weighted by Gasteiger charge is -2.09. The second-order valence-electron chi connectivity index (χ2n) is 4.63. The van der Waals surface area contributed by atoms with Gasteiger partial charge in [0.25, 0.3) is 0 Å². The minimum atomic E-state index is -0.375. The Labute approximate surface area is 122 Å². The van der Waals surface area contributed by atoms with Gasteiger partial charge in [-0.2, -0.15) is 5.26 Å². The number of hydrogen-bond acceptors (Lipinski definition) is 2. The van der Waals surface area contributed by atoms with E-state index in [2.05, 4.69) is 5.92 Å². The number of nitrogens with zero attached hydrogens (tertiary/aromatic N) is 1. The van der Waals surface area contributed by atoms with Gasteiger partial charge in [0.15, 0.2) is 0 Å². The smallest absolute Gasteiger partial charge is 0.130 e. The lowest BCUT2D eigenvalue weighted by Crippen LogP contribution is -1.96. The minimum absolute atomic E-state index is 0.282. The molecular formula is C18H10FNO. The van der Waals surface area contributed by atoms with Crippen LogP contribution in [0.5, 0.6) is 5.75 Å². The summed E-state index contributed by atoms with van der Waals surface area (Å²) in [6, 6.07) is 11.9. The summed E-state index contributed by atoms with van der Waals surface area (Å²) < 4.78 is 19.1. The summed E-state index contributed by atoms with van der Waals surface area (Å²) >= 11 is 0. The van der Waals surface area contributed by atoms with E-state index in [1.165, 1.54) is 18.2 Å². The fourth-order valence-electron chi connectivity index (χ4n) is 2.42. The van der Waals surface area contributed by atoms with E-state index in [0.717, 1.165) is 16.7 Å². The van der Waals surface area contributed by atoms with Gasteiger partial charge in [-0.3, -0.25) is 0 Å². The first-order valence-corrected chi connectivity index (χ1v) is 6.35. The van der Waals surface area contributed by atoms with Crippen LogP contribution in [0.3, 0.4) is 0 Å². The molecule has 0 fully saturated rings. The molecule has 3 rings (SSSR count). The first-order valence-electron chi connectivity index (χ1n) is 6.35. The zero-order valence-electron chi connectivity index (χ0n) is 11.1. The summed E-state index contributed by atoms with van der Waals surface area (Å²) in [5.74, 6) is 2.63. The van der Waals surface area contributed by atoms with E-state index in [9.17, 15) is 4.39 Å². The normalized spacial score (nSPS) is 14.1. The molecule has 2 aromatic carbocycles. The highest BCUT2D eigenvalue weighted by Crippen LogP contribution is 2.37. The molecule has 1 aliphatic rings. The van der Waals surface area contributed by atoms with E-state index in [1.807, 2.05) is 24.3 Å². The molecule has 2 aromatic rings. The van der Waals surface area contributed by atoms with E-state index >= 15 is 0 Å². The quantitative estimate of drug-likeness (QED) is 0.543. The first kappa shape index (κ1) is 13.0. The van der Waals surface area contributed by atoms with Crippen molar-refractivity contribution in [1.82, 2.24) is 0 Å². The van der Waals surface area contributed by atoms with Crippen LogP contribution in [0.25, 0.3) is 5.57 Å². The monoisotopic (exact) mass is 275 g/mol. The molecular weight excluding hydrogens is 265 g/mol. The zero-order valence-corrected chi connectivity index (χ0v) is 11.1. The van der Waals surface area contributed by atoms with Crippen molar-refractivity contribution < 1.29 is 9.13 Å². The fraction of sp³-hybridized carbons (Fsp3) is 0.0556. The number of fused-ring (bicyclic) bond motifs is 2. The molecule has 0 radical (unpaired) electrons. The molecule has 0 N–H and O–H groups in total. The molecule has 0 bridgehead atoms. The number of halogens is 1. The first-order chi connectivity index (χ1) is 10.2. The maximum absolute atomic E-state index is 13.4. The highest BCUT2D eigenvalue weighted by Gasteiger charge is 2.19. The summed E-state index contributed by atoms with van der Waals surface area (Å²) in [5.41, 5.74) is 3.91. The Bertz CT molecular complexity index is 837. The highest BCUT2D eigenvalue weighted by molar-refractivity contribution is 5.86. The van der Waals surface area contributed by atoms with Crippen LogP contribution in [0.15, 0.2) is 42.5 Å². The molecule has 21 heavy (non-hydrogen) atoms. The maximum atomic E-state index is 13.4. The highest BCUT2D eigenvalue weighted by atomic mass is 19.1. The van der Waals surface area contributed by atoms with Gasteiger partial charge in [0.1, 0.15) is 18.2 Å². The van der Waals surface area contributed by atoms with Gasteiger partial charge < -0.3 is 4.74 Å². The standard InChI is InChI=1S/C18H10FNO/c1-2-12-3-5-15-13(9-12)11-21-18-10-14(19)4-6-17(18)16(15)7-8-20/h1,3-7,9-10H,11H2. The van der Waals surface area contributed by atoms with E-state index in [4.69, 9.17) is 16.4 Å². The fourth-order valence-corrected chi connectivity index (χ4v) is 2.42. The third kappa shape index (κ3) is 2.26. The molecule has 0 aromatic heterocycles. The van der Waals surface area contributed by atoms with Gasteiger partial charge in [0, 0.05) is 28.8 Å². The summed E-state index contributed by atoms with van der Waals surface area (Å²) in [5, 5.41) is 9.04. The van der Waals surface area contributed by atoms with E-state index in [1.54, 1.807) is 6.07 Å². The molecule has 0 aliphatic carbocycles. The Hall–Kier alpha value is -3.04. The number of terminal acetylenes is 1. The van der Waals surface area contributed by atoms with Crippen LogP contribution in [0.4, 0.5) is 4.39 Å². The van der Waals surface area contributed by atoms with Crippen molar-refractivity contribution >= 4 is 5.57 Å². The van der Waals surface area contributed by atoms with Crippen molar-refractivity contribution in [2.24, 2.45) is 0 Å². The molecule has 3 heteroatoms. The Balaban J connectivity index is 2.26. The number of benzene rings is 2. The molecule has 1 aliphatic heterocycles. The van der Waals surface area contributed by atoms with Crippen molar-refractivity contribution in [3.63, 3.8) is 0 Å². The average molecular weight is 275 g/mol. The molecule has 0 saturated carbocycles. The molecule has 100 valence electrons. The van der Waals surface area contributed by atoms with Gasteiger partial charge in [0.2, 0.25) is 0 Å². The number of rotatable bonds is 0. The zero-order chi connectivity index (χ0) is 14.8. The predicted octanol–water partition coefficient (Wildman–Crippen LogP) is 3.65. The van der Waals surface area contributed by atoms with E-state index < -0.39 is 0 Å². The third-order valence-corrected chi connectivity index (χ3v) is 3.39. The molecule has 0 unspecified atom stereocenters. The average Bonchev–Trinajstić information content (AvgIpc) is 2.64. The van der Waals surface area contributed by atoms with Crippen molar-refractivity contribution in [2.75, 3.05) is 0 Å².